The molecular weight excluding hydrogens is 413 g/mol. The van der Waals surface area contributed by atoms with E-state index < -0.39 is 23.7 Å². The first kappa shape index (κ1) is 21.4. The van der Waals surface area contributed by atoms with E-state index >= 15 is 0 Å². The molecule has 3 rings (SSSR count). The normalized spacial score (nSPS) is 15.0. The maximum absolute atomic E-state index is 13.3. The van der Waals surface area contributed by atoms with Gasteiger partial charge >= 0.3 is 5.97 Å². The summed E-state index contributed by atoms with van der Waals surface area (Å²) in [6, 6.07) is 11.0. The minimum atomic E-state index is -1.27. The highest BCUT2D eigenvalue weighted by molar-refractivity contribution is 8.18. The van der Waals surface area contributed by atoms with Crippen LogP contribution in [0, 0.1) is 5.82 Å². The van der Waals surface area contributed by atoms with E-state index in [9.17, 15) is 18.8 Å². The summed E-state index contributed by atoms with van der Waals surface area (Å²) in [5.41, 5.74) is 1.24. The zero-order valence-corrected chi connectivity index (χ0v) is 16.8. The third-order valence-electron chi connectivity index (χ3n) is 4.02. The lowest BCUT2D eigenvalue weighted by Gasteiger charge is -2.13. The van der Waals surface area contributed by atoms with Crippen molar-refractivity contribution < 1.29 is 33.4 Å². The highest BCUT2D eigenvalue weighted by Crippen LogP contribution is 2.34. The van der Waals surface area contributed by atoms with Gasteiger partial charge in [0.15, 0.2) is 11.5 Å². The van der Waals surface area contributed by atoms with Crippen LogP contribution in [-0.4, -0.2) is 40.3 Å². The smallest absolute Gasteiger partial charge is 0.323 e. The molecule has 156 valence electrons. The average Bonchev–Trinajstić information content (AvgIpc) is 2.95. The number of benzene rings is 2. The van der Waals surface area contributed by atoms with E-state index in [1.807, 2.05) is 0 Å². The van der Waals surface area contributed by atoms with E-state index in [-0.39, 0.29) is 17.3 Å². The minimum Gasteiger partial charge on any atom is -0.490 e. The van der Waals surface area contributed by atoms with Gasteiger partial charge in [0, 0.05) is 0 Å². The Balaban J connectivity index is 1.79. The Morgan fingerprint density at radius 3 is 2.67 bits per heavy atom. The fraction of sp³-hybridized carbons (Fsp3) is 0.190. The topological polar surface area (TPSA) is 93.1 Å². The fourth-order valence-corrected chi connectivity index (χ4v) is 3.55. The van der Waals surface area contributed by atoms with Gasteiger partial charge in [-0.1, -0.05) is 18.2 Å². The van der Waals surface area contributed by atoms with Crippen molar-refractivity contribution in [3.8, 4) is 11.5 Å². The molecule has 0 spiro atoms. The summed E-state index contributed by atoms with van der Waals surface area (Å²) < 4.78 is 24.7. The number of hydrogen-bond donors (Lipinski definition) is 1. The molecule has 1 fully saturated rings. The summed E-state index contributed by atoms with van der Waals surface area (Å²) >= 11 is 0.679. The number of hydrogen-bond acceptors (Lipinski definition) is 6. The molecule has 1 saturated heterocycles. The number of imide groups is 1. The lowest BCUT2D eigenvalue weighted by atomic mass is 10.1. The van der Waals surface area contributed by atoms with E-state index in [0.29, 0.717) is 45.9 Å². The van der Waals surface area contributed by atoms with E-state index in [2.05, 4.69) is 0 Å². The number of carbonyl (C=O) groups excluding carboxylic acids is 2. The molecule has 1 heterocycles. The Morgan fingerprint density at radius 2 is 1.97 bits per heavy atom. The molecular formula is C21H18FNO6S. The van der Waals surface area contributed by atoms with Gasteiger partial charge in [0.1, 0.15) is 19.0 Å². The van der Waals surface area contributed by atoms with Crippen LogP contribution in [-0.2, 0) is 16.2 Å². The first-order valence-corrected chi connectivity index (χ1v) is 9.80. The van der Waals surface area contributed by atoms with Crippen LogP contribution in [0.15, 0.2) is 47.4 Å². The van der Waals surface area contributed by atoms with E-state index in [1.165, 1.54) is 18.2 Å². The number of carboxylic acids is 1. The Labute approximate surface area is 176 Å². The van der Waals surface area contributed by atoms with E-state index in [4.69, 9.17) is 14.6 Å². The summed E-state index contributed by atoms with van der Waals surface area (Å²) in [6.07, 6.45) is 1.49. The zero-order valence-electron chi connectivity index (χ0n) is 16.0. The molecule has 0 atom stereocenters. The summed E-state index contributed by atoms with van der Waals surface area (Å²) in [5.74, 6) is -1.41. The van der Waals surface area contributed by atoms with Crippen molar-refractivity contribution in [3.05, 3.63) is 64.3 Å². The molecule has 1 aliphatic heterocycles. The second-order valence-corrected chi connectivity index (χ2v) is 7.21. The van der Waals surface area contributed by atoms with Crippen molar-refractivity contribution in [2.24, 2.45) is 0 Å². The van der Waals surface area contributed by atoms with Gasteiger partial charge in [0.2, 0.25) is 0 Å². The molecule has 30 heavy (non-hydrogen) atoms. The van der Waals surface area contributed by atoms with Gasteiger partial charge in [0.25, 0.3) is 11.1 Å². The molecule has 0 aromatic heterocycles. The maximum atomic E-state index is 13.3. The van der Waals surface area contributed by atoms with Crippen LogP contribution in [0.1, 0.15) is 18.1 Å². The first-order valence-electron chi connectivity index (χ1n) is 8.98. The lowest BCUT2D eigenvalue weighted by molar-refractivity contribution is -0.140. The number of thioether (sulfide) groups is 1. The van der Waals surface area contributed by atoms with Crippen molar-refractivity contribution in [2.45, 2.75) is 13.5 Å². The fourth-order valence-electron chi connectivity index (χ4n) is 2.71. The molecule has 0 bridgehead atoms. The van der Waals surface area contributed by atoms with Crippen LogP contribution in [0.2, 0.25) is 0 Å². The van der Waals surface area contributed by atoms with Gasteiger partial charge in [-0.25, -0.2) is 4.39 Å². The predicted octanol–water partition coefficient (Wildman–Crippen LogP) is 3.92. The van der Waals surface area contributed by atoms with Crippen molar-refractivity contribution in [2.75, 3.05) is 13.2 Å². The van der Waals surface area contributed by atoms with Crippen molar-refractivity contribution in [1.82, 2.24) is 4.90 Å². The maximum Gasteiger partial charge on any atom is 0.323 e. The number of carboxylic acid groups (broad SMARTS) is 1. The Bertz CT molecular complexity index is 1020. The van der Waals surface area contributed by atoms with Gasteiger partial charge in [-0.15, -0.1) is 0 Å². The molecule has 0 aliphatic carbocycles. The van der Waals surface area contributed by atoms with Gasteiger partial charge < -0.3 is 14.6 Å². The van der Waals surface area contributed by atoms with Gasteiger partial charge in [-0.3, -0.25) is 19.3 Å². The Hall–Kier alpha value is -3.33. The number of aliphatic carboxylic acids is 1. The molecule has 0 radical (unpaired) electrons. The molecule has 2 amide bonds. The predicted molar refractivity (Wildman–Crippen MR) is 109 cm³/mol. The van der Waals surface area contributed by atoms with Crippen molar-refractivity contribution in [1.29, 1.82) is 0 Å². The standard InChI is InChI=1S/C21H18FNO6S/c1-2-28-17-9-13(10-18-20(26)23(11-19(24)25)21(27)30-18)6-7-16(17)29-12-14-4-3-5-15(22)8-14/h3-10H,2,11-12H2,1H3,(H,24,25)/b18-10+. The van der Waals surface area contributed by atoms with Gasteiger partial charge in [0.05, 0.1) is 11.5 Å². The summed E-state index contributed by atoms with van der Waals surface area (Å²) in [6.45, 7) is 1.64. The van der Waals surface area contributed by atoms with Crippen LogP contribution in [0.5, 0.6) is 11.5 Å². The summed E-state index contributed by atoms with van der Waals surface area (Å²) in [4.78, 5) is 35.8. The number of amides is 2. The SMILES string of the molecule is CCOc1cc(/C=C2/SC(=O)N(CC(=O)O)C2=O)ccc1OCc1cccc(F)c1. The van der Waals surface area contributed by atoms with Crippen molar-refractivity contribution in [3.63, 3.8) is 0 Å². The van der Waals surface area contributed by atoms with Gasteiger partial charge in [-0.2, -0.15) is 0 Å². The number of nitrogens with zero attached hydrogens (tertiary/aromatic N) is 1. The third kappa shape index (κ3) is 5.18. The summed E-state index contributed by atoms with van der Waals surface area (Å²) in [7, 11) is 0. The monoisotopic (exact) mass is 431 g/mol. The number of halogens is 1. The highest BCUT2D eigenvalue weighted by atomic mass is 32.2. The van der Waals surface area contributed by atoms with Crippen molar-refractivity contribution >= 4 is 35.0 Å². The van der Waals surface area contributed by atoms with E-state index in [0.717, 1.165) is 0 Å². The second-order valence-electron chi connectivity index (χ2n) is 6.22. The van der Waals surface area contributed by atoms with Crippen LogP contribution >= 0.6 is 11.8 Å². The van der Waals surface area contributed by atoms with Crippen LogP contribution in [0.4, 0.5) is 9.18 Å². The first-order chi connectivity index (χ1) is 14.4. The Morgan fingerprint density at radius 1 is 1.17 bits per heavy atom. The zero-order chi connectivity index (χ0) is 21.7. The third-order valence-corrected chi connectivity index (χ3v) is 4.92. The largest absolute Gasteiger partial charge is 0.490 e. The minimum absolute atomic E-state index is 0.122. The van der Waals surface area contributed by atoms with E-state index in [1.54, 1.807) is 37.3 Å². The molecule has 0 saturated carbocycles. The van der Waals surface area contributed by atoms with Crippen LogP contribution in [0.3, 0.4) is 0 Å². The second kappa shape index (κ2) is 9.45. The quantitative estimate of drug-likeness (QED) is 0.633. The highest BCUT2D eigenvalue weighted by Gasteiger charge is 2.36. The van der Waals surface area contributed by atoms with Gasteiger partial charge in [-0.05, 0) is 60.2 Å². The molecule has 0 unspecified atom stereocenters. The summed E-state index contributed by atoms with van der Waals surface area (Å²) in [5, 5.41) is 8.20. The molecule has 2 aromatic rings. The average molecular weight is 431 g/mol. The number of rotatable bonds is 8. The van der Waals surface area contributed by atoms with Crippen LogP contribution < -0.4 is 9.47 Å². The number of carbonyl (C=O) groups is 3. The van der Waals surface area contributed by atoms with Crippen LogP contribution in [0.25, 0.3) is 6.08 Å². The molecule has 2 aromatic carbocycles. The molecule has 1 N–H and O–H groups in total. The molecule has 1 aliphatic rings. The molecule has 7 nitrogen and oxygen atoms in total. The Kier molecular flexibility index (Phi) is 6.73. The lowest BCUT2D eigenvalue weighted by Crippen LogP contribution is -2.33. The number of ether oxygens (including phenoxy) is 2. The molecule has 9 heteroatoms.